The number of carbonyl (C=O) groups is 1. The van der Waals surface area contributed by atoms with Crippen LogP contribution in [0.15, 0.2) is 41.2 Å². The largest absolute Gasteiger partial charge is 0.478 e. The van der Waals surface area contributed by atoms with Gasteiger partial charge in [-0.2, -0.15) is 0 Å². The number of likely N-dealkylation sites (N-methyl/N-ethyl adjacent to an activating group) is 1. The second kappa shape index (κ2) is 10.4. The molecule has 3 aromatic rings. The molecule has 32 heavy (non-hydrogen) atoms. The molecule has 2 aromatic heterocycles. The van der Waals surface area contributed by atoms with Crippen molar-refractivity contribution in [2.45, 2.75) is 51.5 Å². The molecule has 0 spiro atoms. The number of carboxylic acid groups (broad SMARTS) is 1. The Balaban J connectivity index is 1.80. The van der Waals surface area contributed by atoms with E-state index in [4.69, 9.17) is 9.15 Å². The molecule has 0 atom stereocenters. The summed E-state index contributed by atoms with van der Waals surface area (Å²) in [7, 11) is 2.10. The Morgan fingerprint density at radius 1 is 1.22 bits per heavy atom. The van der Waals surface area contributed by atoms with E-state index in [0.717, 1.165) is 37.3 Å². The molecule has 172 valence electrons. The first-order chi connectivity index (χ1) is 15.6. The third kappa shape index (κ3) is 4.76. The lowest BCUT2D eigenvalue weighted by Gasteiger charge is -2.23. The number of hydrogen-bond donors (Lipinski definition) is 1. The van der Waals surface area contributed by atoms with Crippen LogP contribution in [-0.2, 0) is 11.3 Å². The van der Waals surface area contributed by atoms with Crippen molar-refractivity contribution in [3.8, 4) is 11.3 Å². The van der Waals surface area contributed by atoms with Gasteiger partial charge in [0.1, 0.15) is 0 Å². The maximum Gasteiger partial charge on any atom is 0.335 e. The lowest BCUT2D eigenvalue weighted by molar-refractivity contribution is 0.0697. The predicted molar refractivity (Wildman–Crippen MR) is 126 cm³/mol. The van der Waals surface area contributed by atoms with E-state index in [1.807, 2.05) is 31.4 Å². The lowest BCUT2D eigenvalue weighted by Crippen LogP contribution is -2.27. The van der Waals surface area contributed by atoms with Crippen LogP contribution in [0.2, 0.25) is 0 Å². The quantitative estimate of drug-likeness (QED) is 0.416. The molecule has 6 nitrogen and oxygen atoms in total. The SMILES string of the molecule is CCOCCN(C)CCn1c(-c2ccoc2)c(C2CCCCC2)c2ccc(C(=O)O)cc21. The van der Waals surface area contributed by atoms with E-state index in [0.29, 0.717) is 18.1 Å². The van der Waals surface area contributed by atoms with Gasteiger partial charge in [-0.25, -0.2) is 4.79 Å². The van der Waals surface area contributed by atoms with Gasteiger partial charge in [-0.3, -0.25) is 0 Å². The molecule has 0 aliphatic heterocycles. The van der Waals surface area contributed by atoms with Crippen molar-refractivity contribution in [2.24, 2.45) is 0 Å². The van der Waals surface area contributed by atoms with Gasteiger partial charge in [-0.15, -0.1) is 0 Å². The molecule has 6 heteroatoms. The van der Waals surface area contributed by atoms with Crippen LogP contribution in [0.5, 0.6) is 0 Å². The number of hydrogen-bond acceptors (Lipinski definition) is 4. The van der Waals surface area contributed by atoms with Crippen LogP contribution >= 0.6 is 0 Å². The van der Waals surface area contributed by atoms with E-state index >= 15 is 0 Å². The molecule has 0 unspecified atom stereocenters. The second-order valence-electron chi connectivity index (χ2n) is 8.80. The monoisotopic (exact) mass is 438 g/mol. The van der Waals surface area contributed by atoms with Gasteiger partial charge in [0.2, 0.25) is 0 Å². The molecule has 1 aliphatic carbocycles. The summed E-state index contributed by atoms with van der Waals surface area (Å²) in [5, 5.41) is 10.8. The zero-order chi connectivity index (χ0) is 22.5. The van der Waals surface area contributed by atoms with Gasteiger partial charge in [-0.1, -0.05) is 25.3 Å². The van der Waals surface area contributed by atoms with Crippen molar-refractivity contribution >= 4 is 16.9 Å². The minimum absolute atomic E-state index is 0.329. The zero-order valence-corrected chi connectivity index (χ0v) is 19.2. The van der Waals surface area contributed by atoms with Gasteiger partial charge in [-0.05, 0) is 56.5 Å². The predicted octanol–water partition coefficient (Wildman–Crippen LogP) is 5.62. The Bertz CT molecular complexity index is 1030. The maximum atomic E-state index is 11.7. The number of nitrogens with zero attached hydrogens (tertiary/aromatic N) is 2. The molecule has 0 bridgehead atoms. The molecule has 2 heterocycles. The van der Waals surface area contributed by atoms with Crippen LogP contribution in [-0.4, -0.2) is 53.9 Å². The van der Waals surface area contributed by atoms with E-state index in [1.54, 1.807) is 12.3 Å². The van der Waals surface area contributed by atoms with Gasteiger partial charge in [0.05, 0.1) is 30.4 Å². The smallest absolute Gasteiger partial charge is 0.335 e. The number of furan rings is 1. The van der Waals surface area contributed by atoms with Crippen LogP contribution in [0.1, 0.15) is 60.9 Å². The molecule has 1 aromatic carbocycles. The normalized spacial score (nSPS) is 15.1. The van der Waals surface area contributed by atoms with Gasteiger partial charge in [0.15, 0.2) is 0 Å². The van der Waals surface area contributed by atoms with Gasteiger partial charge >= 0.3 is 5.97 Å². The van der Waals surface area contributed by atoms with Crippen LogP contribution in [0.3, 0.4) is 0 Å². The van der Waals surface area contributed by atoms with E-state index in [9.17, 15) is 9.90 Å². The van der Waals surface area contributed by atoms with Crippen LogP contribution < -0.4 is 0 Å². The fourth-order valence-electron chi connectivity index (χ4n) is 5.00. The second-order valence-corrected chi connectivity index (χ2v) is 8.80. The number of benzene rings is 1. The Labute approximate surface area is 189 Å². The van der Waals surface area contributed by atoms with Crippen LogP contribution in [0, 0.1) is 0 Å². The van der Waals surface area contributed by atoms with Crippen molar-refractivity contribution in [2.75, 3.05) is 33.4 Å². The highest BCUT2D eigenvalue weighted by molar-refractivity contribution is 5.98. The minimum atomic E-state index is -0.891. The molecule has 1 saturated carbocycles. The van der Waals surface area contributed by atoms with Crippen molar-refractivity contribution in [3.05, 3.63) is 47.9 Å². The average molecular weight is 439 g/mol. The first kappa shape index (κ1) is 22.6. The van der Waals surface area contributed by atoms with Gasteiger partial charge in [0.25, 0.3) is 0 Å². The number of ether oxygens (including phenoxy) is 1. The third-order valence-corrected chi connectivity index (χ3v) is 6.69. The lowest BCUT2D eigenvalue weighted by atomic mass is 9.82. The first-order valence-corrected chi connectivity index (χ1v) is 11.8. The van der Waals surface area contributed by atoms with E-state index in [1.165, 1.54) is 48.7 Å². The molecule has 0 amide bonds. The summed E-state index contributed by atoms with van der Waals surface area (Å²) in [6.45, 7) is 5.94. The Morgan fingerprint density at radius 2 is 2.03 bits per heavy atom. The number of carboxylic acids is 1. The molecule has 1 N–H and O–H groups in total. The summed E-state index contributed by atoms with van der Waals surface area (Å²) in [5.41, 5.74) is 4.93. The van der Waals surface area contributed by atoms with Crippen molar-refractivity contribution in [1.29, 1.82) is 0 Å². The van der Waals surface area contributed by atoms with Crippen LogP contribution in [0.25, 0.3) is 22.2 Å². The first-order valence-electron chi connectivity index (χ1n) is 11.8. The van der Waals surface area contributed by atoms with E-state index < -0.39 is 5.97 Å². The van der Waals surface area contributed by atoms with Crippen molar-refractivity contribution < 1.29 is 19.1 Å². The molecular formula is C26H34N2O4. The minimum Gasteiger partial charge on any atom is -0.478 e. The molecule has 0 radical (unpaired) electrons. The molecular weight excluding hydrogens is 404 g/mol. The molecule has 1 aliphatic rings. The summed E-state index contributed by atoms with van der Waals surface area (Å²) < 4.78 is 13.3. The van der Waals surface area contributed by atoms with Gasteiger partial charge < -0.3 is 23.7 Å². The summed E-state index contributed by atoms with van der Waals surface area (Å²) in [6.07, 6.45) is 9.68. The summed E-state index contributed by atoms with van der Waals surface area (Å²) in [4.78, 5) is 14.0. The Hall–Kier alpha value is -2.57. The number of rotatable bonds is 10. The van der Waals surface area contributed by atoms with E-state index in [-0.39, 0.29) is 0 Å². The Morgan fingerprint density at radius 3 is 2.72 bits per heavy atom. The Kier molecular flexibility index (Phi) is 7.33. The fourth-order valence-corrected chi connectivity index (χ4v) is 5.00. The van der Waals surface area contributed by atoms with Crippen LogP contribution in [0.4, 0.5) is 0 Å². The summed E-state index contributed by atoms with van der Waals surface area (Å²) in [6, 6.07) is 7.62. The fraction of sp³-hybridized carbons (Fsp3) is 0.500. The third-order valence-electron chi connectivity index (χ3n) is 6.69. The highest BCUT2D eigenvalue weighted by Gasteiger charge is 2.27. The average Bonchev–Trinajstić information content (AvgIpc) is 3.44. The summed E-state index contributed by atoms with van der Waals surface area (Å²) in [5.74, 6) is -0.402. The van der Waals surface area contributed by atoms with Gasteiger partial charge in [0, 0.05) is 42.7 Å². The van der Waals surface area contributed by atoms with Crippen molar-refractivity contribution in [1.82, 2.24) is 9.47 Å². The standard InChI is InChI=1S/C26H34N2O4/c1-3-31-16-14-27(2)12-13-28-23-17-20(26(29)30)9-10-22(23)24(19-7-5-4-6-8-19)25(28)21-11-15-32-18-21/h9-11,15,17-19H,3-8,12-14,16H2,1-2H3,(H,29,30). The highest BCUT2D eigenvalue weighted by Crippen LogP contribution is 2.44. The molecule has 1 fully saturated rings. The molecule has 0 saturated heterocycles. The zero-order valence-electron chi connectivity index (χ0n) is 19.2. The maximum absolute atomic E-state index is 11.7. The topological polar surface area (TPSA) is 67.8 Å². The summed E-state index contributed by atoms with van der Waals surface area (Å²) >= 11 is 0. The highest BCUT2D eigenvalue weighted by atomic mass is 16.5. The van der Waals surface area contributed by atoms with Crippen molar-refractivity contribution in [3.63, 3.8) is 0 Å². The van der Waals surface area contributed by atoms with E-state index in [2.05, 4.69) is 16.5 Å². The number of aromatic nitrogens is 1. The molecule has 4 rings (SSSR count). The number of aromatic carboxylic acids is 1. The number of fused-ring (bicyclic) bond motifs is 1.